The maximum absolute atomic E-state index is 6.12. The van der Waals surface area contributed by atoms with Crippen LogP contribution in [-0.4, -0.2) is 9.55 Å². The molecule has 2 nitrogen and oxygen atoms in total. The summed E-state index contributed by atoms with van der Waals surface area (Å²) in [5.41, 5.74) is 6.52. The Hall–Kier alpha value is -1.80. The lowest BCUT2D eigenvalue weighted by atomic mass is 9.77. The third-order valence-corrected chi connectivity index (χ3v) is 4.77. The molecule has 1 atom stereocenters. The van der Waals surface area contributed by atoms with Crippen molar-refractivity contribution in [3.05, 3.63) is 65.0 Å². The Morgan fingerprint density at radius 2 is 2.05 bits per heavy atom. The molecule has 0 N–H and O–H groups in total. The van der Waals surface area contributed by atoms with Crippen LogP contribution in [0.25, 0.3) is 11.0 Å². The molecule has 0 radical (unpaired) electrons. The summed E-state index contributed by atoms with van der Waals surface area (Å²) in [6, 6.07) is 15.0. The molecule has 0 saturated carbocycles. The highest BCUT2D eigenvalue weighted by atomic mass is 35.5. The first-order valence-corrected chi connectivity index (χ1v) is 7.90. The van der Waals surface area contributed by atoms with Crippen molar-refractivity contribution in [2.75, 3.05) is 0 Å². The SMILES string of the molecule is Cc1cccc2nc(CCl)n(CC3Cc4ccccc43)c12. The van der Waals surface area contributed by atoms with Gasteiger partial charge in [-0.2, -0.15) is 0 Å². The Labute approximate surface area is 129 Å². The molecule has 0 spiro atoms. The average Bonchev–Trinajstić information content (AvgIpc) is 2.84. The number of halogens is 1. The van der Waals surface area contributed by atoms with Crippen LogP contribution in [0.1, 0.15) is 28.4 Å². The van der Waals surface area contributed by atoms with Gasteiger partial charge in [0, 0.05) is 12.5 Å². The summed E-state index contributed by atoms with van der Waals surface area (Å²) in [6.45, 7) is 3.12. The maximum Gasteiger partial charge on any atom is 0.124 e. The number of nitrogens with zero attached hydrogens (tertiary/aromatic N) is 2. The molecule has 4 rings (SSSR count). The van der Waals surface area contributed by atoms with E-state index >= 15 is 0 Å². The van der Waals surface area contributed by atoms with Crippen LogP contribution in [0.2, 0.25) is 0 Å². The highest BCUT2D eigenvalue weighted by Gasteiger charge is 2.27. The minimum absolute atomic E-state index is 0.461. The molecule has 21 heavy (non-hydrogen) atoms. The molecular formula is C18H17ClN2. The molecule has 2 aromatic carbocycles. The standard InChI is InChI=1S/C18H17ClN2/c1-12-5-4-8-16-18(12)21(17(10-19)20-16)11-14-9-13-6-2-3-7-15(13)14/h2-8,14H,9-11H2,1H3. The van der Waals surface area contributed by atoms with Gasteiger partial charge in [0.1, 0.15) is 5.82 Å². The minimum atomic E-state index is 0.461. The number of para-hydroxylation sites is 1. The molecule has 106 valence electrons. The van der Waals surface area contributed by atoms with Crippen molar-refractivity contribution in [2.45, 2.75) is 31.7 Å². The van der Waals surface area contributed by atoms with Gasteiger partial charge in [-0.25, -0.2) is 4.98 Å². The normalized spacial score (nSPS) is 16.8. The summed E-state index contributed by atoms with van der Waals surface area (Å²) < 4.78 is 2.32. The van der Waals surface area contributed by atoms with Gasteiger partial charge in [-0.3, -0.25) is 0 Å². The lowest BCUT2D eigenvalue weighted by Gasteiger charge is -2.31. The second kappa shape index (κ2) is 4.88. The number of rotatable bonds is 3. The lowest BCUT2D eigenvalue weighted by molar-refractivity contribution is 0.508. The van der Waals surface area contributed by atoms with Gasteiger partial charge in [0.2, 0.25) is 0 Å². The fourth-order valence-electron chi connectivity index (χ4n) is 3.46. The van der Waals surface area contributed by atoms with Crippen LogP contribution < -0.4 is 0 Å². The maximum atomic E-state index is 6.12. The van der Waals surface area contributed by atoms with Crippen molar-refractivity contribution in [3.63, 3.8) is 0 Å². The van der Waals surface area contributed by atoms with Crippen molar-refractivity contribution in [1.29, 1.82) is 0 Å². The zero-order valence-electron chi connectivity index (χ0n) is 12.0. The predicted octanol–water partition coefficient (Wildman–Crippen LogP) is 4.42. The third kappa shape index (κ3) is 1.97. The average molecular weight is 297 g/mol. The number of hydrogen-bond acceptors (Lipinski definition) is 1. The smallest absolute Gasteiger partial charge is 0.124 e. The van der Waals surface area contributed by atoms with E-state index in [9.17, 15) is 0 Å². The summed E-state index contributed by atoms with van der Waals surface area (Å²) in [5.74, 6) is 2.02. The Bertz CT molecular complexity index is 819. The first-order chi connectivity index (χ1) is 10.3. The topological polar surface area (TPSA) is 17.8 Å². The summed E-state index contributed by atoms with van der Waals surface area (Å²) in [6.07, 6.45) is 1.16. The number of benzene rings is 2. The van der Waals surface area contributed by atoms with Crippen LogP contribution in [0.4, 0.5) is 0 Å². The molecular weight excluding hydrogens is 280 g/mol. The van der Waals surface area contributed by atoms with E-state index in [1.807, 2.05) is 0 Å². The van der Waals surface area contributed by atoms with E-state index in [0.29, 0.717) is 11.8 Å². The summed E-state index contributed by atoms with van der Waals surface area (Å²) in [7, 11) is 0. The first kappa shape index (κ1) is 12.9. The molecule has 1 aromatic heterocycles. The van der Waals surface area contributed by atoms with Gasteiger partial charge < -0.3 is 4.57 Å². The molecule has 1 aliphatic carbocycles. The minimum Gasteiger partial charge on any atom is -0.326 e. The molecule has 0 saturated heterocycles. The van der Waals surface area contributed by atoms with Gasteiger partial charge >= 0.3 is 0 Å². The summed E-state index contributed by atoms with van der Waals surface area (Å²) in [4.78, 5) is 4.69. The Kier molecular flexibility index (Phi) is 3.00. The molecule has 0 fully saturated rings. The van der Waals surface area contributed by atoms with E-state index in [4.69, 9.17) is 16.6 Å². The molecule has 3 aromatic rings. The number of aromatic nitrogens is 2. The highest BCUT2D eigenvalue weighted by molar-refractivity contribution is 6.16. The van der Waals surface area contributed by atoms with E-state index in [1.54, 1.807) is 0 Å². The van der Waals surface area contributed by atoms with Crippen LogP contribution in [0, 0.1) is 6.92 Å². The Morgan fingerprint density at radius 1 is 1.19 bits per heavy atom. The van der Waals surface area contributed by atoms with Crippen molar-refractivity contribution in [1.82, 2.24) is 9.55 Å². The second-order valence-corrected chi connectivity index (χ2v) is 6.08. The third-order valence-electron chi connectivity index (χ3n) is 4.53. The monoisotopic (exact) mass is 296 g/mol. The zero-order valence-corrected chi connectivity index (χ0v) is 12.8. The van der Waals surface area contributed by atoms with Gasteiger partial charge in [0.15, 0.2) is 0 Å². The number of imidazole rings is 1. The van der Waals surface area contributed by atoms with Crippen molar-refractivity contribution in [3.8, 4) is 0 Å². The van der Waals surface area contributed by atoms with Crippen LogP contribution in [0.5, 0.6) is 0 Å². The van der Waals surface area contributed by atoms with Gasteiger partial charge in [-0.1, -0.05) is 36.4 Å². The van der Waals surface area contributed by atoms with E-state index in [1.165, 1.54) is 22.2 Å². The Balaban J connectivity index is 1.77. The van der Waals surface area contributed by atoms with Crippen LogP contribution in [0.15, 0.2) is 42.5 Å². The lowest BCUT2D eigenvalue weighted by Crippen LogP contribution is -2.22. The predicted molar refractivity (Wildman–Crippen MR) is 86.9 cm³/mol. The van der Waals surface area contributed by atoms with Crippen LogP contribution in [-0.2, 0) is 18.8 Å². The second-order valence-electron chi connectivity index (χ2n) is 5.81. The quantitative estimate of drug-likeness (QED) is 0.654. The largest absolute Gasteiger partial charge is 0.326 e. The van der Waals surface area contributed by atoms with E-state index < -0.39 is 0 Å². The van der Waals surface area contributed by atoms with Gasteiger partial charge in [0.05, 0.1) is 16.9 Å². The number of fused-ring (bicyclic) bond motifs is 2. The van der Waals surface area contributed by atoms with Crippen LogP contribution >= 0.6 is 11.6 Å². The number of alkyl halides is 1. The summed E-state index contributed by atoms with van der Waals surface area (Å²) >= 11 is 6.12. The van der Waals surface area contributed by atoms with Gasteiger partial charge in [-0.05, 0) is 36.1 Å². The molecule has 0 aliphatic heterocycles. The fourth-order valence-corrected chi connectivity index (χ4v) is 3.66. The molecule has 1 unspecified atom stereocenters. The molecule has 1 heterocycles. The van der Waals surface area contributed by atoms with Gasteiger partial charge in [-0.15, -0.1) is 11.6 Å². The van der Waals surface area contributed by atoms with Gasteiger partial charge in [0.25, 0.3) is 0 Å². The van der Waals surface area contributed by atoms with Crippen molar-refractivity contribution >= 4 is 22.6 Å². The fraction of sp³-hybridized carbons (Fsp3) is 0.278. The number of aryl methyl sites for hydroxylation is 1. The molecule has 1 aliphatic rings. The molecule has 0 amide bonds. The molecule has 3 heteroatoms. The first-order valence-electron chi connectivity index (χ1n) is 7.36. The summed E-state index contributed by atoms with van der Waals surface area (Å²) in [5, 5.41) is 0. The zero-order chi connectivity index (χ0) is 14.4. The Morgan fingerprint density at radius 3 is 2.86 bits per heavy atom. The van der Waals surface area contributed by atoms with Crippen molar-refractivity contribution < 1.29 is 0 Å². The van der Waals surface area contributed by atoms with Crippen LogP contribution in [0.3, 0.4) is 0 Å². The van der Waals surface area contributed by atoms with E-state index in [2.05, 4.69) is 54.0 Å². The molecule has 0 bridgehead atoms. The van der Waals surface area contributed by atoms with Crippen molar-refractivity contribution in [2.24, 2.45) is 0 Å². The highest BCUT2D eigenvalue weighted by Crippen LogP contribution is 2.37. The number of hydrogen-bond donors (Lipinski definition) is 0. The van der Waals surface area contributed by atoms with E-state index in [-0.39, 0.29) is 0 Å². The van der Waals surface area contributed by atoms with E-state index in [0.717, 1.165) is 24.3 Å².